The number of rotatable bonds is 4. The van der Waals surface area contributed by atoms with Crippen molar-refractivity contribution in [1.82, 2.24) is 9.80 Å². The molecule has 140 valence electrons. The average molecular weight is 401 g/mol. The quantitative estimate of drug-likeness (QED) is 0.723. The van der Waals surface area contributed by atoms with E-state index >= 15 is 0 Å². The normalized spacial score (nSPS) is 17.5. The summed E-state index contributed by atoms with van der Waals surface area (Å²) in [6.07, 6.45) is 5.55. The van der Waals surface area contributed by atoms with E-state index in [1.54, 1.807) is 17.4 Å². The minimum absolute atomic E-state index is 0.00577. The molecule has 0 unspecified atom stereocenters. The van der Waals surface area contributed by atoms with Crippen LogP contribution in [0.3, 0.4) is 0 Å². The Labute approximate surface area is 168 Å². The summed E-state index contributed by atoms with van der Waals surface area (Å²) in [5.41, 5.74) is 1.08. The summed E-state index contributed by atoms with van der Waals surface area (Å²) in [7, 11) is 0. The van der Waals surface area contributed by atoms with E-state index in [4.69, 9.17) is 11.6 Å². The average Bonchev–Trinajstić information content (AvgIpc) is 3.43. The molecule has 1 aliphatic heterocycles. The van der Waals surface area contributed by atoms with E-state index in [0.717, 1.165) is 28.2 Å². The molecule has 0 radical (unpaired) electrons. The molecule has 4 rings (SSSR count). The van der Waals surface area contributed by atoms with Crippen LogP contribution < -0.4 is 0 Å². The lowest BCUT2D eigenvalue weighted by Gasteiger charge is -2.34. The lowest BCUT2D eigenvalue weighted by Crippen LogP contribution is -2.50. The second kappa shape index (κ2) is 7.87. The first kappa shape index (κ1) is 18.3. The van der Waals surface area contributed by atoms with Crippen LogP contribution in [0.25, 0.3) is 16.5 Å². The van der Waals surface area contributed by atoms with Gasteiger partial charge in [0.15, 0.2) is 0 Å². The second-order valence-electron chi connectivity index (χ2n) is 6.97. The Morgan fingerprint density at radius 1 is 1.04 bits per heavy atom. The molecule has 1 aromatic heterocycles. The third-order valence-corrected chi connectivity index (χ3v) is 6.29. The van der Waals surface area contributed by atoms with Crippen molar-refractivity contribution in [3.05, 3.63) is 52.4 Å². The second-order valence-corrected chi connectivity index (χ2v) is 8.52. The number of thiophene rings is 1. The summed E-state index contributed by atoms with van der Waals surface area (Å²) in [4.78, 5) is 30.4. The van der Waals surface area contributed by atoms with Gasteiger partial charge in [-0.05, 0) is 48.7 Å². The van der Waals surface area contributed by atoms with Gasteiger partial charge in [0, 0.05) is 52.9 Å². The van der Waals surface area contributed by atoms with E-state index in [-0.39, 0.29) is 17.7 Å². The molecule has 2 amide bonds. The lowest BCUT2D eigenvalue weighted by molar-refractivity contribution is -0.138. The summed E-state index contributed by atoms with van der Waals surface area (Å²) < 4.78 is 0. The molecule has 4 nitrogen and oxygen atoms in total. The molecule has 0 N–H and O–H groups in total. The SMILES string of the molecule is O=C(C=Cc1ccc(-c2cccc(Cl)c2)s1)N1CCN(C(=O)C2CC2)CC1. The molecule has 27 heavy (non-hydrogen) atoms. The number of halogens is 1. The predicted molar refractivity (Wildman–Crippen MR) is 110 cm³/mol. The van der Waals surface area contributed by atoms with Crippen LogP contribution in [0.5, 0.6) is 0 Å². The van der Waals surface area contributed by atoms with Crippen molar-refractivity contribution in [3.8, 4) is 10.4 Å². The standard InChI is InChI=1S/C21H21ClN2O2S/c22-17-3-1-2-16(14-17)19-8-6-18(27-19)7-9-20(25)23-10-12-24(13-11-23)21(26)15-4-5-15/h1-3,6-9,14-15H,4-5,10-13H2. The maximum absolute atomic E-state index is 12.4. The number of carbonyl (C=O) groups is 2. The summed E-state index contributed by atoms with van der Waals surface area (Å²) in [5.74, 6) is 0.524. The van der Waals surface area contributed by atoms with Crippen LogP contribution in [0.4, 0.5) is 0 Å². The molecule has 2 heterocycles. The van der Waals surface area contributed by atoms with Gasteiger partial charge in [-0.15, -0.1) is 11.3 Å². The van der Waals surface area contributed by atoms with Crippen molar-refractivity contribution in [1.29, 1.82) is 0 Å². The van der Waals surface area contributed by atoms with E-state index in [2.05, 4.69) is 0 Å². The Balaban J connectivity index is 1.33. The molecular weight excluding hydrogens is 380 g/mol. The third-order valence-electron chi connectivity index (χ3n) is 4.96. The molecule has 2 aromatic rings. The Kier molecular flexibility index (Phi) is 5.32. The maximum atomic E-state index is 12.4. The molecule has 2 fully saturated rings. The van der Waals surface area contributed by atoms with E-state index in [1.807, 2.05) is 52.3 Å². The molecule has 1 aliphatic carbocycles. The highest BCUT2D eigenvalue weighted by molar-refractivity contribution is 7.16. The molecule has 2 aliphatic rings. The highest BCUT2D eigenvalue weighted by Gasteiger charge is 2.34. The van der Waals surface area contributed by atoms with Crippen LogP contribution >= 0.6 is 22.9 Å². The first-order chi connectivity index (χ1) is 13.1. The van der Waals surface area contributed by atoms with Crippen LogP contribution in [0, 0.1) is 5.92 Å². The number of amides is 2. The van der Waals surface area contributed by atoms with Crippen molar-refractivity contribution >= 4 is 40.8 Å². The van der Waals surface area contributed by atoms with Gasteiger partial charge in [0.05, 0.1) is 0 Å². The fraction of sp³-hybridized carbons (Fsp3) is 0.333. The first-order valence-corrected chi connectivity index (χ1v) is 10.4. The molecule has 1 aromatic carbocycles. The maximum Gasteiger partial charge on any atom is 0.246 e. The summed E-state index contributed by atoms with van der Waals surface area (Å²) in [5, 5.41) is 0.715. The van der Waals surface area contributed by atoms with Gasteiger partial charge in [-0.1, -0.05) is 23.7 Å². The van der Waals surface area contributed by atoms with Gasteiger partial charge in [0.2, 0.25) is 11.8 Å². The predicted octanol–water partition coefficient (Wildman–Crippen LogP) is 4.16. The third kappa shape index (κ3) is 4.42. The van der Waals surface area contributed by atoms with Gasteiger partial charge < -0.3 is 9.80 Å². The Bertz CT molecular complexity index is 880. The lowest BCUT2D eigenvalue weighted by atomic mass is 10.2. The number of nitrogens with zero attached hydrogens (tertiary/aromatic N) is 2. The van der Waals surface area contributed by atoms with E-state index < -0.39 is 0 Å². The van der Waals surface area contributed by atoms with Crippen LogP contribution in [0.2, 0.25) is 5.02 Å². The molecule has 1 saturated carbocycles. The van der Waals surface area contributed by atoms with Crippen LogP contribution in [0.1, 0.15) is 17.7 Å². The van der Waals surface area contributed by atoms with Crippen LogP contribution in [-0.2, 0) is 9.59 Å². The van der Waals surface area contributed by atoms with E-state index in [0.29, 0.717) is 31.2 Å². The number of piperazine rings is 1. The topological polar surface area (TPSA) is 40.6 Å². The molecule has 0 spiro atoms. The fourth-order valence-corrected chi connectivity index (χ4v) is 4.33. The molecular formula is C21H21ClN2O2S. The highest BCUT2D eigenvalue weighted by atomic mass is 35.5. The van der Waals surface area contributed by atoms with Crippen molar-refractivity contribution in [2.75, 3.05) is 26.2 Å². The summed E-state index contributed by atoms with van der Waals surface area (Å²) in [6.45, 7) is 2.51. The largest absolute Gasteiger partial charge is 0.339 e. The van der Waals surface area contributed by atoms with Gasteiger partial charge in [-0.25, -0.2) is 0 Å². The van der Waals surface area contributed by atoms with E-state index in [1.165, 1.54) is 0 Å². The fourth-order valence-electron chi connectivity index (χ4n) is 3.23. The first-order valence-electron chi connectivity index (χ1n) is 9.22. The van der Waals surface area contributed by atoms with Gasteiger partial charge in [0.25, 0.3) is 0 Å². The molecule has 0 bridgehead atoms. The van der Waals surface area contributed by atoms with Gasteiger partial charge >= 0.3 is 0 Å². The van der Waals surface area contributed by atoms with Crippen molar-refractivity contribution in [3.63, 3.8) is 0 Å². The number of hydrogen-bond acceptors (Lipinski definition) is 3. The number of benzene rings is 1. The Hall–Kier alpha value is -2.11. The molecule has 6 heteroatoms. The minimum atomic E-state index is 0.00577. The zero-order chi connectivity index (χ0) is 18.8. The molecule has 1 saturated heterocycles. The number of carbonyl (C=O) groups excluding carboxylic acids is 2. The van der Waals surface area contributed by atoms with Crippen LogP contribution in [0.15, 0.2) is 42.5 Å². The van der Waals surface area contributed by atoms with Crippen molar-refractivity contribution in [2.45, 2.75) is 12.8 Å². The zero-order valence-electron chi connectivity index (χ0n) is 14.9. The smallest absolute Gasteiger partial charge is 0.246 e. The van der Waals surface area contributed by atoms with Crippen molar-refractivity contribution < 1.29 is 9.59 Å². The molecule has 0 atom stereocenters. The summed E-state index contributed by atoms with van der Waals surface area (Å²) in [6, 6.07) is 11.8. The Morgan fingerprint density at radius 2 is 1.78 bits per heavy atom. The zero-order valence-corrected chi connectivity index (χ0v) is 16.5. The highest BCUT2D eigenvalue weighted by Crippen LogP contribution is 2.32. The van der Waals surface area contributed by atoms with Gasteiger partial charge in [-0.2, -0.15) is 0 Å². The summed E-state index contributed by atoms with van der Waals surface area (Å²) >= 11 is 7.69. The van der Waals surface area contributed by atoms with Crippen LogP contribution in [-0.4, -0.2) is 47.8 Å². The van der Waals surface area contributed by atoms with Crippen molar-refractivity contribution in [2.24, 2.45) is 5.92 Å². The number of hydrogen-bond donors (Lipinski definition) is 0. The minimum Gasteiger partial charge on any atom is -0.339 e. The van der Waals surface area contributed by atoms with Gasteiger partial charge in [0.1, 0.15) is 0 Å². The Morgan fingerprint density at radius 3 is 2.48 bits per heavy atom. The van der Waals surface area contributed by atoms with E-state index in [9.17, 15) is 9.59 Å². The van der Waals surface area contributed by atoms with Gasteiger partial charge in [-0.3, -0.25) is 9.59 Å². The monoisotopic (exact) mass is 400 g/mol.